The summed E-state index contributed by atoms with van der Waals surface area (Å²) in [4.78, 5) is 2.15. The van der Waals surface area contributed by atoms with Crippen LogP contribution in [0.5, 0.6) is 0 Å². The summed E-state index contributed by atoms with van der Waals surface area (Å²) in [6.45, 7) is 5.83. The molecule has 0 amide bonds. The predicted molar refractivity (Wildman–Crippen MR) is 76.0 cm³/mol. The molecule has 1 aliphatic carbocycles. The van der Waals surface area contributed by atoms with Gasteiger partial charge in [-0.15, -0.1) is 13.2 Å². The van der Waals surface area contributed by atoms with Crippen LogP contribution in [0.4, 0.5) is 13.2 Å². The van der Waals surface area contributed by atoms with Crippen molar-refractivity contribution in [2.24, 2.45) is 5.92 Å². The van der Waals surface area contributed by atoms with Crippen LogP contribution in [0.2, 0.25) is 0 Å². The first-order chi connectivity index (χ1) is 9.78. The maximum absolute atomic E-state index is 12.1. The predicted octanol–water partition coefficient (Wildman–Crippen LogP) is 3.16. The van der Waals surface area contributed by atoms with Crippen LogP contribution in [0.3, 0.4) is 0 Å². The Labute approximate surface area is 125 Å². The van der Waals surface area contributed by atoms with Crippen LogP contribution in [0, 0.1) is 5.92 Å². The summed E-state index contributed by atoms with van der Waals surface area (Å²) < 4.78 is 40.3. The van der Waals surface area contributed by atoms with Crippen molar-refractivity contribution in [3.05, 3.63) is 0 Å². The third-order valence-electron chi connectivity index (χ3n) is 4.92. The second-order valence-corrected chi connectivity index (χ2v) is 6.94. The third-order valence-corrected chi connectivity index (χ3v) is 4.92. The molecule has 1 unspecified atom stereocenters. The molecule has 2 rings (SSSR count). The summed E-state index contributed by atoms with van der Waals surface area (Å²) in [5.41, 5.74) is -0.125. The van der Waals surface area contributed by atoms with Crippen molar-refractivity contribution in [1.82, 2.24) is 10.2 Å². The number of hydrogen-bond donors (Lipinski definition) is 1. The number of nitrogens with one attached hydrogen (secondary N) is 1. The van der Waals surface area contributed by atoms with Gasteiger partial charge in [-0.3, -0.25) is 9.64 Å². The van der Waals surface area contributed by atoms with Crippen molar-refractivity contribution in [2.75, 3.05) is 26.2 Å². The Morgan fingerprint density at radius 1 is 1.19 bits per heavy atom. The fourth-order valence-corrected chi connectivity index (χ4v) is 3.56. The molecule has 1 heterocycles. The minimum Gasteiger partial charge on any atom is -0.311 e. The van der Waals surface area contributed by atoms with Crippen LogP contribution in [0.15, 0.2) is 0 Å². The lowest BCUT2D eigenvalue weighted by atomic mass is 9.81. The highest BCUT2D eigenvalue weighted by Crippen LogP contribution is 2.30. The summed E-state index contributed by atoms with van der Waals surface area (Å²) in [6.07, 6.45) is 1.83. The fraction of sp³-hybridized carbons (Fsp3) is 1.00. The van der Waals surface area contributed by atoms with Gasteiger partial charge in [0.2, 0.25) is 0 Å². The molecule has 1 aliphatic heterocycles. The van der Waals surface area contributed by atoms with Gasteiger partial charge in [-0.05, 0) is 32.6 Å². The van der Waals surface area contributed by atoms with Gasteiger partial charge in [0.25, 0.3) is 0 Å². The normalized spacial score (nSPS) is 28.7. The standard InChI is InChI=1S/C15H27F3N2O/c1-14(2)11-19-13(12-6-4-3-5-7-12)10-20(14)8-9-21-15(16,17)18/h12-13,19H,3-11H2,1-2H3. The summed E-state index contributed by atoms with van der Waals surface area (Å²) in [7, 11) is 0. The van der Waals surface area contributed by atoms with Crippen molar-refractivity contribution < 1.29 is 17.9 Å². The van der Waals surface area contributed by atoms with Crippen LogP contribution >= 0.6 is 0 Å². The van der Waals surface area contributed by atoms with Gasteiger partial charge in [-0.25, -0.2) is 0 Å². The maximum atomic E-state index is 12.1. The number of ether oxygens (including phenoxy) is 1. The molecule has 21 heavy (non-hydrogen) atoms. The first-order valence-corrected chi connectivity index (χ1v) is 7.97. The van der Waals surface area contributed by atoms with E-state index in [1.165, 1.54) is 32.1 Å². The molecule has 1 saturated carbocycles. The first kappa shape index (κ1) is 17.0. The third kappa shape index (κ3) is 5.11. The summed E-state index contributed by atoms with van der Waals surface area (Å²) in [5, 5.41) is 3.61. The van der Waals surface area contributed by atoms with E-state index in [4.69, 9.17) is 0 Å². The molecular formula is C15H27F3N2O. The Kier molecular flexibility index (Phi) is 5.54. The number of rotatable bonds is 4. The SMILES string of the molecule is CC1(C)CNC(C2CCCCC2)CN1CCOC(F)(F)F. The van der Waals surface area contributed by atoms with Gasteiger partial charge in [-0.2, -0.15) is 0 Å². The second-order valence-electron chi connectivity index (χ2n) is 6.94. The zero-order valence-corrected chi connectivity index (χ0v) is 13.0. The molecule has 1 saturated heterocycles. The van der Waals surface area contributed by atoms with Gasteiger partial charge in [0.05, 0.1) is 6.61 Å². The number of alkyl halides is 3. The molecule has 0 aromatic heterocycles. The highest BCUT2D eigenvalue weighted by Gasteiger charge is 2.37. The summed E-state index contributed by atoms with van der Waals surface area (Å²) >= 11 is 0. The molecule has 0 aromatic carbocycles. The van der Waals surface area contributed by atoms with Crippen molar-refractivity contribution in [1.29, 1.82) is 0 Å². The van der Waals surface area contributed by atoms with Gasteiger partial charge < -0.3 is 5.32 Å². The Morgan fingerprint density at radius 3 is 2.48 bits per heavy atom. The minimum atomic E-state index is -4.53. The van der Waals surface area contributed by atoms with E-state index in [2.05, 4.69) is 28.8 Å². The highest BCUT2D eigenvalue weighted by atomic mass is 19.4. The van der Waals surface area contributed by atoms with E-state index in [0.29, 0.717) is 18.5 Å². The van der Waals surface area contributed by atoms with E-state index < -0.39 is 6.36 Å². The van der Waals surface area contributed by atoms with Gasteiger partial charge >= 0.3 is 6.36 Å². The van der Waals surface area contributed by atoms with E-state index in [1.807, 2.05) is 0 Å². The van der Waals surface area contributed by atoms with Crippen molar-refractivity contribution in [3.8, 4) is 0 Å². The monoisotopic (exact) mass is 308 g/mol. The van der Waals surface area contributed by atoms with Crippen LogP contribution in [0.1, 0.15) is 46.0 Å². The largest absolute Gasteiger partial charge is 0.522 e. The summed E-state index contributed by atoms with van der Waals surface area (Å²) in [5.74, 6) is 0.667. The van der Waals surface area contributed by atoms with Gasteiger partial charge in [0, 0.05) is 31.2 Å². The quantitative estimate of drug-likeness (QED) is 0.863. The Bertz CT molecular complexity index is 327. The molecule has 3 nitrogen and oxygen atoms in total. The molecule has 124 valence electrons. The van der Waals surface area contributed by atoms with E-state index in [1.54, 1.807) is 0 Å². The lowest BCUT2D eigenvalue weighted by molar-refractivity contribution is -0.325. The van der Waals surface area contributed by atoms with E-state index >= 15 is 0 Å². The number of nitrogens with zero attached hydrogens (tertiary/aromatic N) is 1. The molecule has 2 fully saturated rings. The topological polar surface area (TPSA) is 24.5 Å². The number of halogens is 3. The van der Waals surface area contributed by atoms with Crippen molar-refractivity contribution in [2.45, 2.75) is 63.9 Å². The summed E-state index contributed by atoms with van der Waals surface area (Å²) in [6, 6.07) is 0.407. The van der Waals surface area contributed by atoms with Gasteiger partial charge in [-0.1, -0.05) is 19.3 Å². The molecule has 0 spiro atoms. The molecule has 0 radical (unpaired) electrons. The molecule has 6 heteroatoms. The Balaban J connectivity index is 1.86. The van der Waals surface area contributed by atoms with Crippen LogP contribution in [-0.4, -0.2) is 49.1 Å². The lowest BCUT2D eigenvalue weighted by Crippen LogP contribution is -2.64. The van der Waals surface area contributed by atoms with Crippen LogP contribution in [-0.2, 0) is 4.74 Å². The average molecular weight is 308 g/mol. The molecule has 0 aromatic rings. The molecular weight excluding hydrogens is 281 g/mol. The Hall–Kier alpha value is -0.330. The smallest absolute Gasteiger partial charge is 0.311 e. The van der Waals surface area contributed by atoms with Gasteiger partial charge in [0.1, 0.15) is 0 Å². The molecule has 0 bridgehead atoms. The molecule has 1 N–H and O–H groups in total. The zero-order chi connectivity index (χ0) is 15.5. The zero-order valence-electron chi connectivity index (χ0n) is 13.0. The van der Waals surface area contributed by atoms with Crippen LogP contribution < -0.4 is 5.32 Å². The van der Waals surface area contributed by atoms with Crippen molar-refractivity contribution in [3.63, 3.8) is 0 Å². The minimum absolute atomic E-state index is 0.125. The Morgan fingerprint density at radius 2 is 1.86 bits per heavy atom. The highest BCUT2D eigenvalue weighted by molar-refractivity contribution is 4.95. The maximum Gasteiger partial charge on any atom is 0.522 e. The molecule has 2 aliphatic rings. The van der Waals surface area contributed by atoms with E-state index in [-0.39, 0.29) is 12.1 Å². The number of hydrogen-bond acceptors (Lipinski definition) is 3. The fourth-order valence-electron chi connectivity index (χ4n) is 3.56. The first-order valence-electron chi connectivity index (χ1n) is 7.97. The lowest BCUT2D eigenvalue weighted by Gasteiger charge is -2.48. The number of piperazine rings is 1. The van der Waals surface area contributed by atoms with E-state index in [0.717, 1.165) is 13.1 Å². The molecule has 1 atom stereocenters. The second kappa shape index (κ2) is 6.84. The van der Waals surface area contributed by atoms with Crippen molar-refractivity contribution >= 4 is 0 Å². The van der Waals surface area contributed by atoms with Crippen LogP contribution in [0.25, 0.3) is 0 Å². The van der Waals surface area contributed by atoms with Gasteiger partial charge in [0.15, 0.2) is 0 Å². The average Bonchev–Trinajstić information content (AvgIpc) is 2.40. The van der Waals surface area contributed by atoms with E-state index in [9.17, 15) is 13.2 Å².